The van der Waals surface area contributed by atoms with Crippen molar-refractivity contribution in [2.75, 3.05) is 5.32 Å². The van der Waals surface area contributed by atoms with E-state index in [1.807, 2.05) is 30.3 Å². The Morgan fingerprint density at radius 1 is 1.07 bits per heavy atom. The summed E-state index contributed by atoms with van der Waals surface area (Å²) in [6.07, 6.45) is -1.16. The number of halogens is 2. The zero-order valence-corrected chi connectivity index (χ0v) is 16.1. The van der Waals surface area contributed by atoms with Gasteiger partial charge in [-0.25, -0.2) is 18.3 Å². The summed E-state index contributed by atoms with van der Waals surface area (Å²) in [5.74, 6) is -3.49. The van der Waals surface area contributed by atoms with Crippen LogP contribution in [0.1, 0.15) is 28.7 Å². The lowest BCUT2D eigenvalue weighted by atomic mass is 10.2. The Labute approximate surface area is 166 Å². The van der Waals surface area contributed by atoms with Crippen LogP contribution in [0.15, 0.2) is 48.5 Å². The molecule has 0 saturated heterocycles. The van der Waals surface area contributed by atoms with Gasteiger partial charge in [0.15, 0.2) is 17.7 Å². The van der Waals surface area contributed by atoms with Crippen molar-refractivity contribution < 1.29 is 23.1 Å². The number of hydrogen-bond acceptors (Lipinski definition) is 4. The van der Waals surface area contributed by atoms with Crippen molar-refractivity contribution in [2.24, 2.45) is 0 Å². The summed E-state index contributed by atoms with van der Waals surface area (Å²) >= 11 is 0. The molecule has 8 heteroatoms. The predicted octanol–water partition coefficient (Wildman–Crippen LogP) is 3.95. The molecule has 0 saturated carbocycles. The number of amides is 1. The van der Waals surface area contributed by atoms with Crippen LogP contribution >= 0.6 is 0 Å². The van der Waals surface area contributed by atoms with Crippen molar-refractivity contribution in [3.8, 4) is 5.69 Å². The van der Waals surface area contributed by atoms with E-state index in [4.69, 9.17) is 4.74 Å². The molecule has 0 fully saturated rings. The van der Waals surface area contributed by atoms with Gasteiger partial charge in [0.05, 0.1) is 17.1 Å². The van der Waals surface area contributed by atoms with E-state index in [2.05, 4.69) is 10.4 Å². The van der Waals surface area contributed by atoms with Crippen molar-refractivity contribution in [3.05, 3.63) is 77.1 Å². The standard InChI is InChI=1S/C21H19F2N3O3/c1-12-19(13(2)26(25-12)16-7-5-4-6-8-16)21(28)29-14(3)20(27)24-15-9-10-17(22)18(23)11-15/h4-11,14H,1-3H3,(H,24,27)/t14-/m1/s1. The first-order valence-electron chi connectivity index (χ1n) is 8.86. The van der Waals surface area contributed by atoms with E-state index in [-0.39, 0.29) is 11.3 Å². The number of rotatable bonds is 5. The molecule has 150 valence electrons. The predicted molar refractivity (Wildman–Crippen MR) is 103 cm³/mol. The molecule has 1 N–H and O–H groups in total. The Hall–Kier alpha value is -3.55. The second-order valence-electron chi connectivity index (χ2n) is 6.46. The lowest BCUT2D eigenvalue weighted by molar-refractivity contribution is -0.123. The van der Waals surface area contributed by atoms with Gasteiger partial charge in [0.2, 0.25) is 0 Å². The van der Waals surface area contributed by atoms with E-state index in [1.54, 1.807) is 18.5 Å². The van der Waals surface area contributed by atoms with Crippen LogP contribution in [0.4, 0.5) is 14.5 Å². The molecule has 2 aromatic carbocycles. The summed E-state index contributed by atoms with van der Waals surface area (Å²) in [5.41, 5.74) is 2.15. The molecule has 1 atom stereocenters. The maximum atomic E-state index is 13.3. The molecule has 0 aliphatic carbocycles. The highest BCUT2D eigenvalue weighted by Crippen LogP contribution is 2.20. The molecule has 0 bridgehead atoms. The van der Waals surface area contributed by atoms with Gasteiger partial charge in [0.1, 0.15) is 5.56 Å². The minimum absolute atomic E-state index is 0.0565. The number of carbonyl (C=O) groups excluding carboxylic acids is 2. The Kier molecular flexibility index (Phi) is 5.72. The molecule has 1 heterocycles. The van der Waals surface area contributed by atoms with Gasteiger partial charge in [0, 0.05) is 11.8 Å². The second-order valence-corrected chi connectivity index (χ2v) is 6.46. The Morgan fingerprint density at radius 3 is 2.41 bits per heavy atom. The highest BCUT2D eigenvalue weighted by atomic mass is 19.2. The largest absolute Gasteiger partial charge is 0.449 e. The SMILES string of the molecule is Cc1nn(-c2ccccc2)c(C)c1C(=O)O[C@H](C)C(=O)Nc1ccc(F)c(F)c1. The van der Waals surface area contributed by atoms with Gasteiger partial charge >= 0.3 is 5.97 Å². The molecule has 0 unspecified atom stereocenters. The number of ether oxygens (including phenoxy) is 1. The van der Waals surface area contributed by atoms with Gasteiger partial charge in [-0.05, 0) is 45.0 Å². The van der Waals surface area contributed by atoms with E-state index >= 15 is 0 Å². The van der Waals surface area contributed by atoms with Crippen LogP contribution in [-0.4, -0.2) is 27.8 Å². The normalized spacial score (nSPS) is 11.8. The first-order valence-corrected chi connectivity index (χ1v) is 8.86. The first-order chi connectivity index (χ1) is 13.8. The quantitative estimate of drug-likeness (QED) is 0.660. The molecule has 0 radical (unpaired) electrons. The van der Waals surface area contributed by atoms with Crippen molar-refractivity contribution >= 4 is 17.6 Å². The third-order valence-corrected chi connectivity index (χ3v) is 4.34. The lowest BCUT2D eigenvalue weighted by Crippen LogP contribution is -2.30. The Bertz CT molecular complexity index is 1060. The van der Waals surface area contributed by atoms with Gasteiger partial charge in [-0.3, -0.25) is 4.79 Å². The summed E-state index contributed by atoms with van der Waals surface area (Å²) in [6, 6.07) is 12.2. The van der Waals surface area contributed by atoms with E-state index in [1.165, 1.54) is 13.0 Å². The third-order valence-electron chi connectivity index (χ3n) is 4.34. The molecule has 3 aromatic rings. The van der Waals surface area contributed by atoms with E-state index in [0.29, 0.717) is 11.4 Å². The topological polar surface area (TPSA) is 73.2 Å². The summed E-state index contributed by atoms with van der Waals surface area (Å²) in [7, 11) is 0. The van der Waals surface area contributed by atoms with Crippen molar-refractivity contribution in [2.45, 2.75) is 26.9 Å². The number of nitrogens with zero attached hydrogens (tertiary/aromatic N) is 2. The molecular formula is C21H19F2N3O3. The minimum Gasteiger partial charge on any atom is -0.449 e. The number of para-hydroxylation sites is 1. The number of anilines is 1. The smallest absolute Gasteiger partial charge is 0.342 e. The fourth-order valence-electron chi connectivity index (χ4n) is 2.85. The lowest BCUT2D eigenvalue weighted by Gasteiger charge is -2.14. The highest BCUT2D eigenvalue weighted by molar-refractivity contribution is 5.98. The number of carbonyl (C=O) groups is 2. The van der Waals surface area contributed by atoms with Crippen LogP contribution in [0.3, 0.4) is 0 Å². The number of hydrogen-bond donors (Lipinski definition) is 1. The average molecular weight is 399 g/mol. The molecular weight excluding hydrogens is 380 g/mol. The Balaban J connectivity index is 1.73. The molecule has 0 spiro atoms. The van der Waals surface area contributed by atoms with Crippen LogP contribution in [0.2, 0.25) is 0 Å². The van der Waals surface area contributed by atoms with Gasteiger partial charge in [-0.2, -0.15) is 5.10 Å². The average Bonchev–Trinajstić information content (AvgIpc) is 2.99. The monoisotopic (exact) mass is 399 g/mol. The van der Waals surface area contributed by atoms with Gasteiger partial charge < -0.3 is 10.1 Å². The van der Waals surface area contributed by atoms with Crippen LogP contribution in [0.25, 0.3) is 5.69 Å². The summed E-state index contributed by atoms with van der Waals surface area (Å²) in [5, 5.41) is 6.76. The maximum Gasteiger partial charge on any atom is 0.342 e. The molecule has 3 rings (SSSR count). The van der Waals surface area contributed by atoms with Crippen LogP contribution in [0, 0.1) is 25.5 Å². The van der Waals surface area contributed by atoms with Crippen LogP contribution in [-0.2, 0) is 9.53 Å². The van der Waals surface area contributed by atoms with E-state index < -0.39 is 29.6 Å². The molecule has 29 heavy (non-hydrogen) atoms. The summed E-state index contributed by atoms with van der Waals surface area (Å²) in [4.78, 5) is 24.9. The van der Waals surface area contributed by atoms with Crippen molar-refractivity contribution in [3.63, 3.8) is 0 Å². The zero-order chi connectivity index (χ0) is 21.1. The van der Waals surface area contributed by atoms with Gasteiger partial charge in [0.25, 0.3) is 5.91 Å². The fourth-order valence-corrected chi connectivity index (χ4v) is 2.85. The summed E-state index contributed by atoms with van der Waals surface area (Å²) < 4.78 is 33.1. The van der Waals surface area contributed by atoms with Crippen LogP contribution < -0.4 is 5.32 Å². The molecule has 6 nitrogen and oxygen atoms in total. The minimum atomic E-state index is -1.16. The molecule has 1 aromatic heterocycles. The number of esters is 1. The second kappa shape index (κ2) is 8.22. The number of benzene rings is 2. The van der Waals surface area contributed by atoms with E-state index in [9.17, 15) is 18.4 Å². The van der Waals surface area contributed by atoms with Crippen LogP contribution in [0.5, 0.6) is 0 Å². The number of nitrogens with one attached hydrogen (secondary N) is 1. The summed E-state index contributed by atoms with van der Waals surface area (Å²) in [6.45, 7) is 4.80. The third kappa shape index (κ3) is 4.31. The van der Waals surface area contributed by atoms with E-state index in [0.717, 1.165) is 17.8 Å². The molecule has 0 aliphatic rings. The van der Waals surface area contributed by atoms with Gasteiger partial charge in [-0.1, -0.05) is 18.2 Å². The van der Waals surface area contributed by atoms with Crippen molar-refractivity contribution in [1.82, 2.24) is 9.78 Å². The molecule has 1 amide bonds. The first kappa shape index (κ1) is 20.2. The zero-order valence-electron chi connectivity index (χ0n) is 16.1. The van der Waals surface area contributed by atoms with Gasteiger partial charge in [-0.15, -0.1) is 0 Å². The molecule has 0 aliphatic heterocycles. The fraction of sp³-hybridized carbons (Fsp3) is 0.190. The number of aromatic nitrogens is 2. The Morgan fingerprint density at radius 2 is 1.76 bits per heavy atom. The maximum absolute atomic E-state index is 13.3. The van der Waals surface area contributed by atoms with Crippen molar-refractivity contribution in [1.29, 1.82) is 0 Å². The number of aryl methyl sites for hydroxylation is 1. The highest BCUT2D eigenvalue weighted by Gasteiger charge is 2.25.